The number of nitro groups is 1. The molecule has 0 saturated carbocycles. The van der Waals surface area contributed by atoms with E-state index in [1.807, 2.05) is 0 Å². The van der Waals surface area contributed by atoms with Crippen molar-refractivity contribution in [1.82, 2.24) is 0 Å². The molecular weight excluding hydrogens is 298 g/mol. The van der Waals surface area contributed by atoms with Crippen LogP contribution >= 0.6 is 0 Å². The lowest BCUT2D eigenvalue weighted by atomic mass is 9.86. The van der Waals surface area contributed by atoms with Gasteiger partial charge in [-0.25, -0.2) is 8.42 Å². The molecule has 1 fully saturated rings. The summed E-state index contributed by atoms with van der Waals surface area (Å²) in [6.45, 7) is 0. The number of carboxylic acid groups (broad SMARTS) is 1. The molecule has 1 aliphatic heterocycles. The molecule has 1 heterocycles. The number of non-ortho nitro benzene ring substituents is 1. The van der Waals surface area contributed by atoms with Gasteiger partial charge in [0, 0.05) is 12.1 Å². The van der Waals surface area contributed by atoms with E-state index >= 15 is 0 Å². The number of sulfone groups is 1. The van der Waals surface area contributed by atoms with Crippen molar-refractivity contribution in [2.75, 3.05) is 11.5 Å². The third kappa shape index (κ3) is 3.78. The van der Waals surface area contributed by atoms with Gasteiger partial charge in [-0.05, 0) is 24.3 Å². The van der Waals surface area contributed by atoms with E-state index in [1.165, 1.54) is 18.2 Å². The van der Waals surface area contributed by atoms with Crippen molar-refractivity contribution < 1.29 is 23.2 Å². The Bertz CT molecular complexity index is 669. The first-order valence-electron chi connectivity index (χ1n) is 6.45. The van der Waals surface area contributed by atoms with Crippen molar-refractivity contribution in [2.45, 2.75) is 12.8 Å². The summed E-state index contributed by atoms with van der Waals surface area (Å²) in [5.41, 5.74) is 0.427. The molecule has 1 saturated heterocycles. The highest BCUT2D eigenvalue weighted by molar-refractivity contribution is 7.91. The van der Waals surface area contributed by atoms with Gasteiger partial charge >= 0.3 is 5.97 Å². The molecule has 21 heavy (non-hydrogen) atoms. The van der Waals surface area contributed by atoms with E-state index in [1.54, 1.807) is 6.07 Å². The largest absolute Gasteiger partial charge is 0.481 e. The highest BCUT2D eigenvalue weighted by Gasteiger charge is 2.37. The molecule has 0 aromatic heterocycles. The zero-order chi connectivity index (χ0) is 15.6. The van der Waals surface area contributed by atoms with Crippen molar-refractivity contribution in [1.29, 1.82) is 0 Å². The summed E-state index contributed by atoms with van der Waals surface area (Å²) in [6, 6.07) is 5.78. The monoisotopic (exact) mass is 313 g/mol. The first kappa shape index (κ1) is 15.4. The Morgan fingerprint density at radius 2 is 2.19 bits per heavy atom. The molecule has 7 nitrogen and oxygen atoms in total. The second-order valence-corrected chi connectivity index (χ2v) is 7.47. The number of aliphatic carboxylic acids is 1. The SMILES string of the molecule is O=C(O)C(Cc1cccc([N+](=O)[O-])c1)C1CCS(=O)(=O)C1. The molecule has 114 valence electrons. The van der Waals surface area contributed by atoms with Crippen LogP contribution in [0.4, 0.5) is 5.69 Å². The summed E-state index contributed by atoms with van der Waals surface area (Å²) in [4.78, 5) is 21.6. The average Bonchev–Trinajstić information content (AvgIpc) is 2.76. The van der Waals surface area contributed by atoms with Gasteiger partial charge in [0.25, 0.3) is 5.69 Å². The average molecular weight is 313 g/mol. The second kappa shape index (κ2) is 5.80. The summed E-state index contributed by atoms with van der Waals surface area (Å²) >= 11 is 0. The molecule has 0 aliphatic carbocycles. The number of hydrogen-bond donors (Lipinski definition) is 1. The second-order valence-electron chi connectivity index (χ2n) is 5.24. The topological polar surface area (TPSA) is 115 Å². The zero-order valence-corrected chi connectivity index (χ0v) is 12.0. The fraction of sp³-hybridized carbons (Fsp3) is 0.462. The maximum absolute atomic E-state index is 11.5. The summed E-state index contributed by atoms with van der Waals surface area (Å²) in [5.74, 6) is -2.46. The Labute approximate surface area is 121 Å². The number of nitrogens with zero attached hydrogens (tertiary/aromatic N) is 1. The molecule has 0 spiro atoms. The predicted molar refractivity (Wildman–Crippen MR) is 74.7 cm³/mol. The minimum absolute atomic E-state index is 0.0103. The highest BCUT2D eigenvalue weighted by atomic mass is 32.2. The predicted octanol–water partition coefficient (Wildman–Crippen LogP) is 1.27. The van der Waals surface area contributed by atoms with Gasteiger partial charge in [-0.3, -0.25) is 14.9 Å². The number of nitro benzene ring substituents is 1. The van der Waals surface area contributed by atoms with Crippen LogP contribution in [0.2, 0.25) is 0 Å². The van der Waals surface area contributed by atoms with Gasteiger partial charge in [0.1, 0.15) is 0 Å². The lowest BCUT2D eigenvalue weighted by molar-refractivity contribution is -0.384. The van der Waals surface area contributed by atoms with Gasteiger partial charge in [0.05, 0.1) is 22.3 Å². The minimum atomic E-state index is -3.16. The first-order chi connectivity index (χ1) is 9.78. The maximum Gasteiger partial charge on any atom is 0.307 e. The molecule has 0 amide bonds. The van der Waals surface area contributed by atoms with Crippen LogP contribution < -0.4 is 0 Å². The molecule has 1 aliphatic rings. The third-order valence-electron chi connectivity index (χ3n) is 3.73. The lowest BCUT2D eigenvalue weighted by Gasteiger charge is -2.18. The number of carboxylic acids is 1. The number of rotatable bonds is 5. The van der Waals surface area contributed by atoms with Crippen LogP contribution in [0, 0.1) is 22.0 Å². The summed E-state index contributed by atoms with van der Waals surface area (Å²) in [6.07, 6.45) is 0.422. The standard InChI is InChI=1S/C13H15NO6S/c15-13(16)12(10-4-5-21(19,20)8-10)7-9-2-1-3-11(6-9)14(17)18/h1-3,6,10,12H,4-5,7-8H2,(H,15,16). The molecule has 1 N–H and O–H groups in total. The molecule has 2 rings (SSSR count). The van der Waals surface area contributed by atoms with E-state index in [2.05, 4.69) is 0 Å². The minimum Gasteiger partial charge on any atom is -0.481 e. The summed E-state index contributed by atoms with van der Waals surface area (Å²) < 4.78 is 23.0. The van der Waals surface area contributed by atoms with E-state index < -0.39 is 32.6 Å². The summed E-state index contributed by atoms with van der Waals surface area (Å²) in [7, 11) is -3.16. The van der Waals surface area contributed by atoms with E-state index in [0.717, 1.165) is 0 Å². The molecule has 1 aromatic rings. The fourth-order valence-corrected chi connectivity index (χ4v) is 4.53. The Morgan fingerprint density at radius 1 is 1.48 bits per heavy atom. The maximum atomic E-state index is 11.5. The normalized spacial score (nSPS) is 21.8. The van der Waals surface area contributed by atoms with Crippen LogP contribution in [0.25, 0.3) is 0 Å². The molecule has 2 atom stereocenters. The molecule has 0 bridgehead atoms. The number of hydrogen-bond acceptors (Lipinski definition) is 5. The number of carbonyl (C=O) groups is 1. The van der Waals surface area contributed by atoms with Crippen LogP contribution in [0.5, 0.6) is 0 Å². The highest BCUT2D eigenvalue weighted by Crippen LogP contribution is 2.29. The van der Waals surface area contributed by atoms with Gasteiger partial charge < -0.3 is 5.11 Å². The molecule has 8 heteroatoms. The lowest BCUT2D eigenvalue weighted by Crippen LogP contribution is -2.26. The van der Waals surface area contributed by atoms with Gasteiger partial charge in [0.15, 0.2) is 9.84 Å². The Balaban J connectivity index is 2.19. The van der Waals surface area contributed by atoms with E-state index in [4.69, 9.17) is 0 Å². The zero-order valence-electron chi connectivity index (χ0n) is 11.1. The van der Waals surface area contributed by atoms with Crippen LogP contribution in [0.3, 0.4) is 0 Å². The van der Waals surface area contributed by atoms with Crippen molar-refractivity contribution in [3.05, 3.63) is 39.9 Å². The fourth-order valence-electron chi connectivity index (χ4n) is 2.65. The Kier molecular flexibility index (Phi) is 4.26. The quantitative estimate of drug-likeness (QED) is 0.646. The van der Waals surface area contributed by atoms with E-state index in [0.29, 0.717) is 12.0 Å². The van der Waals surface area contributed by atoms with Gasteiger partial charge in [-0.1, -0.05) is 12.1 Å². The molecule has 0 radical (unpaired) electrons. The van der Waals surface area contributed by atoms with Gasteiger partial charge in [-0.2, -0.15) is 0 Å². The number of benzene rings is 1. The molecule has 1 aromatic carbocycles. The first-order valence-corrected chi connectivity index (χ1v) is 8.27. The molecule has 2 unspecified atom stereocenters. The van der Waals surface area contributed by atoms with Crippen LogP contribution in [-0.2, 0) is 21.1 Å². The van der Waals surface area contributed by atoms with E-state index in [9.17, 15) is 28.4 Å². The van der Waals surface area contributed by atoms with Crippen molar-refractivity contribution in [3.63, 3.8) is 0 Å². The summed E-state index contributed by atoms with van der Waals surface area (Å²) in [5, 5.41) is 20.0. The smallest absolute Gasteiger partial charge is 0.307 e. The van der Waals surface area contributed by atoms with Crippen molar-refractivity contribution in [3.8, 4) is 0 Å². The van der Waals surface area contributed by atoms with Crippen molar-refractivity contribution >= 4 is 21.5 Å². The third-order valence-corrected chi connectivity index (χ3v) is 5.52. The van der Waals surface area contributed by atoms with Gasteiger partial charge in [0.2, 0.25) is 0 Å². The van der Waals surface area contributed by atoms with Crippen molar-refractivity contribution in [2.24, 2.45) is 11.8 Å². The van der Waals surface area contributed by atoms with Gasteiger partial charge in [-0.15, -0.1) is 0 Å². The molecular formula is C13H15NO6S. The van der Waals surface area contributed by atoms with E-state index in [-0.39, 0.29) is 23.6 Å². The van der Waals surface area contributed by atoms with Crippen LogP contribution in [0.15, 0.2) is 24.3 Å². The Hall–Kier alpha value is -1.96. The Morgan fingerprint density at radius 3 is 2.71 bits per heavy atom. The van der Waals surface area contributed by atoms with Crippen LogP contribution in [0.1, 0.15) is 12.0 Å². The van der Waals surface area contributed by atoms with Crippen LogP contribution in [-0.4, -0.2) is 35.9 Å².